The molecule has 3 unspecified atom stereocenters. The molecule has 2 rings (SSSR count). The minimum Gasteiger partial charge on any atom is -0.481 e. The van der Waals surface area contributed by atoms with Gasteiger partial charge in [-0.1, -0.05) is 12.1 Å². The van der Waals surface area contributed by atoms with Crippen LogP contribution in [0.3, 0.4) is 0 Å². The highest BCUT2D eigenvalue weighted by molar-refractivity contribution is 5.94. The van der Waals surface area contributed by atoms with Crippen LogP contribution >= 0.6 is 0 Å². The number of nitrogens with one attached hydrogen (secondary N) is 1. The summed E-state index contributed by atoms with van der Waals surface area (Å²) in [5.41, 5.74) is 0. The second kappa shape index (κ2) is 4.80. The first kappa shape index (κ1) is 12.6. The number of aryl methyl sites for hydroxylation is 1. The zero-order valence-electron chi connectivity index (χ0n) is 10.3. The van der Waals surface area contributed by atoms with Crippen molar-refractivity contribution in [2.45, 2.75) is 26.7 Å². The van der Waals surface area contributed by atoms with Gasteiger partial charge in [0, 0.05) is 6.07 Å². The number of aliphatic carboxylic acids is 1. The minimum atomic E-state index is -0.907. The molecule has 1 aromatic rings. The molecule has 0 spiro atoms. The van der Waals surface area contributed by atoms with Crippen molar-refractivity contribution in [1.82, 2.24) is 5.16 Å². The Morgan fingerprint density at radius 1 is 1.44 bits per heavy atom. The van der Waals surface area contributed by atoms with Crippen LogP contribution in [0, 0.1) is 24.7 Å². The Labute approximate surface area is 104 Å². The molecule has 0 aromatic carbocycles. The monoisotopic (exact) mass is 252 g/mol. The third-order valence-electron chi connectivity index (χ3n) is 3.33. The number of hydrogen-bond donors (Lipinski definition) is 2. The number of anilines is 1. The molecule has 1 amide bonds. The molecule has 1 saturated carbocycles. The van der Waals surface area contributed by atoms with Gasteiger partial charge in [0.1, 0.15) is 5.76 Å². The van der Waals surface area contributed by atoms with Crippen molar-refractivity contribution in [2.24, 2.45) is 17.8 Å². The molecule has 0 aliphatic heterocycles. The molecule has 1 fully saturated rings. The molecule has 1 aliphatic carbocycles. The van der Waals surface area contributed by atoms with Crippen molar-refractivity contribution in [3.05, 3.63) is 11.8 Å². The first-order chi connectivity index (χ1) is 8.47. The second-order valence-electron chi connectivity index (χ2n) is 4.94. The summed E-state index contributed by atoms with van der Waals surface area (Å²) in [6, 6.07) is 1.60. The lowest BCUT2D eigenvalue weighted by Gasteiger charge is -2.13. The van der Waals surface area contributed by atoms with Crippen LogP contribution in [0.25, 0.3) is 0 Å². The van der Waals surface area contributed by atoms with Gasteiger partial charge in [0.15, 0.2) is 5.82 Å². The van der Waals surface area contributed by atoms with Crippen molar-refractivity contribution in [2.75, 3.05) is 5.32 Å². The smallest absolute Gasteiger partial charge is 0.307 e. The summed E-state index contributed by atoms with van der Waals surface area (Å²) >= 11 is 0. The van der Waals surface area contributed by atoms with Crippen molar-refractivity contribution in [3.8, 4) is 0 Å². The zero-order chi connectivity index (χ0) is 13.3. The Morgan fingerprint density at radius 3 is 2.67 bits per heavy atom. The highest BCUT2D eigenvalue weighted by atomic mass is 16.5. The molecule has 3 atom stereocenters. The molecular formula is C12H16N2O4. The topological polar surface area (TPSA) is 92.4 Å². The fraction of sp³-hybridized carbons (Fsp3) is 0.583. The van der Waals surface area contributed by atoms with Crippen molar-refractivity contribution in [3.63, 3.8) is 0 Å². The fourth-order valence-electron chi connectivity index (χ4n) is 2.50. The van der Waals surface area contributed by atoms with E-state index in [4.69, 9.17) is 9.63 Å². The van der Waals surface area contributed by atoms with E-state index < -0.39 is 17.8 Å². The number of amides is 1. The summed E-state index contributed by atoms with van der Waals surface area (Å²) in [6.07, 6.45) is 1.14. The van der Waals surface area contributed by atoms with Gasteiger partial charge in [-0.2, -0.15) is 0 Å². The number of nitrogens with zero attached hydrogens (tertiary/aromatic N) is 1. The van der Waals surface area contributed by atoms with Crippen molar-refractivity contribution in [1.29, 1.82) is 0 Å². The Balaban J connectivity index is 2.06. The van der Waals surface area contributed by atoms with E-state index >= 15 is 0 Å². The Bertz CT molecular complexity index is 468. The van der Waals surface area contributed by atoms with Crippen LogP contribution in [-0.4, -0.2) is 22.1 Å². The van der Waals surface area contributed by atoms with Gasteiger partial charge in [-0.25, -0.2) is 0 Å². The third kappa shape index (κ3) is 2.52. The zero-order valence-corrected chi connectivity index (χ0v) is 10.3. The summed E-state index contributed by atoms with van der Waals surface area (Å²) in [4.78, 5) is 23.1. The number of carboxylic acid groups (broad SMARTS) is 1. The summed E-state index contributed by atoms with van der Waals surface area (Å²) < 4.78 is 4.84. The average Bonchev–Trinajstić information content (AvgIpc) is 2.85. The van der Waals surface area contributed by atoms with Gasteiger partial charge in [0.2, 0.25) is 5.91 Å². The first-order valence-corrected chi connectivity index (χ1v) is 5.94. The van der Waals surface area contributed by atoms with Crippen molar-refractivity contribution >= 4 is 17.7 Å². The van der Waals surface area contributed by atoms with Crippen LogP contribution < -0.4 is 5.32 Å². The van der Waals surface area contributed by atoms with Crippen LogP contribution in [0.1, 0.15) is 25.5 Å². The van der Waals surface area contributed by atoms with E-state index in [9.17, 15) is 9.59 Å². The molecule has 0 bridgehead atoms. The maximum atomic E-state index is 12.0. The van der Waals surface area contributed by atoms with E-state index in [1.807, 2.05) is 6.92 Å². The number of carboxylic acids is 1. The van der Waals surface area contributed by atoms with Gasteiger partial charge in [-0.15, -0.1) is 0 Å². The number of aromatic nitrogens is 1. The highest BCUT2D eigenvalue weighted by Crippen LogP contribution is 2.37. The van der Waals surface area contributed by atoms with Gasteiger partial charge in [0.05, 0.1) is 11.8 Å². The van der Waals surface area contributed by atoms with E-state index in [0.29, 0.717) is 24.4 Å². The largest absolute Gasteiger partial charge is 0.481 e. The van der Waals surface area contributed by atoms with Crippen molar-refractivity contribution < 1.29 is 19.2 Å². The molecule has 6 nitrogen and oxygen atoms in total. The SMILES string of the molecule is Cc1cc(NC(=O)C2CC(C)CC2C(=O)O)no1. The van der Waals surface area contributed by atoms with Crippen LogP contribution in [0.15, 0.2) is 10.6 Å². The van der Waals surface area contributed by atoms with E-state index in [1.54, 1.807) is 13.0 Å². The maximum Gasteiger partial charge on any atom is 0.307 e. The Hall–Kier alpha value is -1.85. The summed E-state index contributed by atoms with van der Waals surface area (Å²) in [6.45, 7) is 3.68. The van der Waals surface area contributed by atoms with Gasteiger partial charge < -0.3 is 14.9 Å². The van der Waals surface area contributed by atoms with E-state index in [1.165, 1.54) is 0 Å². The van der Waals surface area contributed by atoms with Crippen LogP contribution in [0.2, 0.25) is 0 Å². The molecule has 98 valence electrons. The summed E-state index contributed by atoms with van der Waals surface area (Å²) in [5.74, 6) is -1.11. The normalized spacial score (nSPS) is 27.1. The van der Waals surface area contributed by atoms with Crippen LogP contribution in [-0.2, 0) is 9.59 Å². The molecular weight excluding hydrogens is 236 g/mol. The second-order valence-corrected chi connectivity index (χ2v) is 4.94. The molecule has 1 heterocycles. The number of carbonyl (C=O) groups is 2. The predicted octanol–water partition coefficient (Wildman–Crippen LogP) is 1.67. The molecule has 0 saturated heterocycles. The maximum absolute atomic E-state index is 12.0. The summed E-state index contributed by atoms with van der Waals surface area (Å²) in [5, 5.41) is 15.4. The quantitative estimate of drug-likeness (QED) is 0.853. The van der Waals surface area contributed by atoms with Gasteiger partial charge in [-0.3, -0.25) is 9.59 Å². The Morgan fingerprint density at radius 2 is 2.11 bits per heavy atom. The fourth-order valence-corrected chi connectivity index (χ4v) is 2.50. The molecule has 1 aromatic heterocycles. The first-order valence-electron chi connectivity index (χ1n) is 5.94. The van der Waals surface area contributed by atoms with Crippen LogP contribution in [0.5, 0.6) is 0 Å². The highest BCUT2D eigenvalue weighted by Gasteiger charge is 2.41. The third-order valence-corrected chi connectivity index (χ3v) is 3.33. The molecule has 18 heavy (non-hydrogen) atoms. The average molecular weight is 252 g/mol. The number of hydrogen-bond acceptors (Lipinski definition) is 4. The van der Waals surface area contributed by atoms with Gasteiger partial charge in [0.25, 0.3) is 0 Å². The minimum absolute atomic E-state index is 0.251. The molecule has 0 radical (unpaired) electrons. The number of rotatable bonds is 3. The van der Waals surface area contributed by atoms with Gasteiger partial charge >= 0.3 is 5.97 Å². The lowest BCUT2D eigenvalue weighted by molar-refractivity contribution is -0.145. The lowest BCUT2D eigenvalue weighted by atomic mass is 9.95. The molecule has 2 N–H and O–H groups in total. The predicted molar refractivity (Wildman–Crippen MR) is 62.9 cm³/mol. The molecule has 1 aliphatic rings. The van der Waals surface area contributed by atoms with E-state index in [0.717, 1.165) is 0 Å². The standard InChI is InChI=1S/C12H16N2O4/c1-6-3-8(9(4-6)12(16)17)11(15)13-10-5-7(2)18-14-10/h5-6,8-9H,3-4H2,1-2H3,(H,16,17)(H,13,14,15). The Kier molecular flexibility index (Phi) is 3.36. The van der Waals surface area contributed by atoms with Gasteiger partial charge in [-0.05, 0) is 25.7 Å². The molecule has 6 heteroatoms. The number of carbonyl (C=O) groups excluding carboxylic acids is 1. The van der Waals surface area contributed by atoms with E-state index in [-0.39, 0.29) is 11.8 Å². The van der Waals surface area contributed by atoms with E-state index in [2.05, 4.69) is 10.5 Å². The van der Waals surface area contributed by atoms with Crippen LogP contribution in [0.4, 0.5) is 5.82 Å². The summed E-state index contributed by atoms with van der Waals surface area (Å²) in [7, 11) is 0. The lowest BCUT2D eigenvalue weighted by Crippen LogP contribution is -2.30.